The number of pyridine rings is 1. The summed E-state index contributed by atoms with van der Waals surface area (Å²) in [5.41, 5.74) is 4.47. The summed E-state index contributed by atoms with van der Waals surface area (Å²) >= 11 is 2.78. The molecule has 0 amide bonds. The minimum atomic E-state index is -2.77. The number of carbonyl (C=O) groups is 1. The van der Waals surface area contributed by atoms with Gasteiger partial charge in [0.15, 0.2) is 5.69 Å². The van der Waals surface area contributed by atoms with Crippen LogP contribution in [0.3, 0.4) is 0 Å². The Hall–Kier alpha value is -1.08. The number of alkyl halides is 2. The van der Waals surface area contributed by atoms with Gasteiger partial charge < -0.3 is 10.8 Å². The van der Waals surface area contributed by atoms with E-state index in [1.54, 1.807) is 0 Å². The first-order valence-corrected chi connectivity index (χ1v) is 4.67. The third kappa shape index (κ3) is 2.48. The van der Waals surface area contributed by atoms with Gasteiger partial charge in [-0.1, -0.05) is 0 Å². The lowest BCUT2D eigenvalue weighted by Crippen LogP contribution is -2.10. The number of hydrogen-bond donors (Lipinski definition) is 2. The molecule has 1 rings (SSSR count). The third-order valence-electron chi connectivity index (χ3n) is 1.69. The first-order valence-electron chi connectivity index (χ1n) is 3.88. The summed E-state index contributed by atoms with van der Waals surface area (Å²) in [6, 6.07) is 1.08. The van der Waals surface area contributed by atoms with Crippen LogP contribution < -0.4 is 5.73 Å². The van der Waals surface area contributed by atoms with Crippen molar-refractivity contribution < 1.29 is 18.7 Å². The van der Waals surface area contributed by atoms with Crippen LogP contribution in [0.5, 0.6) is 0 Å². The second-order valence-corrected chi connectivity index (χ2v) is 3.47. The zero-order chi connectivity index (χ0) is 11.6. The van der Waals surface area contributed by atoms with Crippen LogP contribution in [-0.4, -0.2) is 16.1 Å². The molecule has 0 atom stereocenters. The summed E-state index contributed by atoms with van der Waals surface area (Å²) in [6.45, 7) is -0.0900. The van der Waals surface area contributed by atoms with Gasteiger partial charge in [-0.2, -0.15) is 0 Å². The molecule has 0 saturated heterocycles. The van der Waals surface area contributed by atoms with Gasteiger partial charge >= 0.3 is 5.97 Å². The van der Waals surface area contributed by atoms with E-state index in [1.165, 1.54) is 0 Å². The number of nitrogens with two attached hydrogens (primary N) is 1. The van der Waals surface area contributed by atoms with Gasteiger partial charge in [-0.25, -0.2) is 18.6 Å². The minimum Gasteiger partial charge on any atom is -0.476 e. The van der Waals surface area contributed by atoms with Gasteiger partial charge in [0.05, 0.1) is 10.2 Å². The van der Waals surface area contributed by atoms with Crippen LogP contribution in [0, 0.1) is 0 Å². The summed E-state index contributed by atoms with van der Waals surface area (Å²) in [6.07, 6.45) is -2.77. The van der Waals surface area contributed by atoms with Crippen molar-refractivity contribution >= 4 is 21.9 Å². The summed E-state index contributed by atoms with van der Waals surface area (Å²) in [5.74, 6) is -1.38. The number of nitrogens with zero attached hydrogens (tertiary/aromatic N) is 1. The largest absolute Gasteiger partial charge is 0.476 e. The summed E-state index contributed by atoms with van der Waals surface area (Å²) < 4.78 is 24.8. The molecule has 0 aliphatic rings. The smallest absolute Gasteiger partial charge is 0.355 e. The fourth-order valence-corrected chi connectivity index (χ4v) is 1.56. The first-order chi connectivity index (χ1) is 6.97. The van der Waals surface area contributed by atoms with Crippen LogP contribution in [0.15, 0.2) is 10.5 Å². The highest BCUT2D eigenvalue weighted by Gasteiger charge is 2.20. The molecule has 0 radical (unpaired) electrons. The van der Waals surface area contributed by atoms with E-state index in [0.29, 0.717) is 0 Å². The van der Waals surface area contributed by atoms with Crippen LogP contribution in [0.25, 0.3) is 0 Å². The van der Waals surface area contributed by atoms with E-state index in [4.69, 9.17) is 10.8 Å². The van der Waals surface area contributed by atoms with Crippen LogP contribution in [0.1, 0.15) is 28.2 Å². The number of halogens is 3. The molecular weight excluding hydrogens is 274 g/mol. The van der Waals surface area contributed by atoms with Crippen molar-refractivity contribution in [2.45, 2.75) is 13.0 Å². The molecule has 0 aromatic carbocycles. The molecule has 4 nitrogen and oxygen atoms in total. The van der Waals surface area contributed by atoms with Crippen molar-refractivity contribution in [1.29, 1.82) is 0 Å². The maximum Gasteiger partial charge on any atom is 0.355 e. The van der Waals surface area contributed by atoms with E-state index in [9.17, 15) is 13.6 Å². The molecule has 0 spiro atoms. The van der Waals surface area contributed by atoms with Crippen LogP contribution in [-0.2, 0) is 6.54 Å². The molecule has 0 bridgehead atoms. The SMILES string of the molecule is NCc1cc(C(F)F)c(Br)c(C(=O)O)n1. The molecule has 1 aromatic rings. The van der Waals surface area contributed by atoms with Crippen molar-refractivity contribution in [3.63, 3.8) is 0 Å². The molecule has 1 aromatic heterocycles. The lowest BCUT2D eigenvalue weighted by Gasteiger charge is -2.08. The quantitative estimate of drug-likeness (QED) is 0.887. The standard InChI is InChI=1S/C8H7BrF2N2O2/c9-5-4(7(10)11)1-3(2-12)13-6(5)8(14)15/h1,7H,2,12H2,(H,14,15). The normalized spacial score (nSPS) is 10.7. The van der Waals surface area contributed by atoms with E-state index in [2.05, 4.69) is 20.9 Å². The van der Waals surface area contributed by atoms with Gasteiger partial charge in [-0.05, 0) is 22.0 Å². The lowest BCUT2D eigenvalue weighted by molar-refractivity contribution is 0.0688. The van der Waals surface area contributed by atoms with Crippen molar-refractivity contribution in [3.05, 3.63) is 27.5 Å². The lowest BCUT2D eigenvalue weighted by atomic mass is 10.2. The average molecular weight is 281 g/mol. The molecule has 7 heteroatoms. The Balaban J connectivity index is 3.40. The van der Waals surface area contributed by atoms with Gasteiger partial charge in [0.25, 0.3) is 6.43 Å². The van der Waals surface area contributed by atoms with Gasteiger partial charge in [-0.3, -0.25) is 0 Å². The van der Waals surface area contributed by atoms with Crippen molar-refractivity contribution in [2.24, 2.45) is 5.73 Å². The number of hydrogen-bond acceptors (Lipinski definition) is 3. The predicted molar refractivity (Wildman–Crippen MR) is 51.7 cm³/mol. The van der Waals surface area contributed by atoms with Crippen molar-refractivity contribution in [3.8, 4) is 0 Å². The summed E-state index contributed by atoms with van der Waals surface area (Å²) in [4.78, 5) is 14.3. The molecule has 82 valence electrons. The molecule has 0 saturated carbocycles. The molecule has 0 aliphatic heterocycles. The predicted octanol–water partition coefficient (Wildman–Crippen LogP) is 1.94. The van der Waals surface area contributed by atoms with E-state index in [-0.39, 0.29) is 16.7 Å². The summed E-state index contributed by atoms with van der Waals surface area (Å²) in [5, 5.41) is 8.71. The fraction of sp³-hybridized carbons (Fsp3) is 0.250. The van der Waals surface area contributed by atoms with Crippen LogP contribution >= 0.6 is 15.9 Å². The second-order valence-electron chi connectivity index (χ2n) is 2.68. The van der Waals surface area contributed by atoms with E-state index < -0.39 is 23.7 Å². The molecule has 0 aliphatic carbocycles. The number of carboxylic acids is 1. The molecule has 15 heavy (non-hydrogen) atoms. The molecule has 3 N–H and O–H groups in total. The average Bonchev–Trinajstić information content (AvgIpc) is 2.17. The number of aromatic nitrogens is 1. The molecular formula is C8H7BrF2N2O2. The Bertz CT molecular complexity index is 398. The van der Waals surface area contributed by atoms with Gasteiger partial charge in [-0.15, -0.1) is 0 Å². The Morgan fingerprint density at radius 1 is 1.67 bits per heavy atom. The highest BCUT2D eigenvalue weighted by molar-refractivity contribution is 9.10. The van der Waals surface area contributed by atoms with Crippen LogP contribution in [0.2, 0.25) is 0 Å². The number of rotatable bonds is 3. The monoisotopic (exact) mass is 280 g/mol. The number of carboxylic acid groups (broad SMARTS) is 1. The fourth-order valence-electron chi connectivity index (χ4n) is 1.01. The van der Waals surface area contributed by atoms with Gasteiger partial charge in [0.2, 0.25) is 0 Å². The molecule has 0 unspecified atom stereocenters. The van der Waals surface area contributed by atoms with Crippen molar-refractivity contribution in [2.75, 3.05) is 0 Å². The first kappa shape index (κ1) is 12.0. The van der Waals surface area contributed by atoms with Crippen LogP contribution in [0.4, 0.5) is 8.78 Å². The zero-order valence-electron chi connectivity index (χ0n) is 7.38. The highest BCUT2D eigenvalue weighted by Crippen LogP contribution is 2.30. The summed E-state index contributed by atoms with van der Waals surface area (Å²) in [7, 11) is 0. The van der Waals surface area contributed by atoms with Gasteiger partial charge in [0.1, 0.15) is 0 Å². The Morgan fingerprint density at radius 2 is 2.27 bits per heavy atom. The number of aromatic carboxylic acids is 1. The van der Waals surface area contributed by atoms with E-state index in [1.807, 2.05) is 0 Å². The molecule has 0 fully saturated rings. The Morgan fingerprint density at radius 3 is 2.67 bits per heavy atom. The van der Waals surface area contributed by atoms with Gasteiger partial charge in [0, 0.05) is 12.1 Å². The molecule has 1 heterocycles. The Labute approximate surface area is 92.2 Å². The van der Waals surface area contributed by atoms with Crippen molar-refractivity contribution in [1.82, 2.24) is 4.98 Å². The third-order valence-corrected chi connectivity index (χ3v) is 2.52. The maximum atomic E-state index is 12.5. The minimum absolute atomic E-state index is 0.0900. The Kier molecular flexibility index (Phi) is 3.70. The second kappa shape index (κ2) is 4.63. The van der Waals surface area contributed by atoms with E-state index in [0.717, 1.165) is 6.07 Å². The van der Waals surface area contributed by atoms with E-state index >= 15 is 0 Å². The maximum absolute atomic E-state index is 12.5. The highest BCUT2D eigenvalue weighted by atomic mass is 79.9. The topological polar surface area (TPSA) is 76.2 Å². The zero-order valence-corrected chi connectivity index (χ0v) is 8.96.